The second-order valence-corrected chi connectivity index (χ2v) is 7.47. The number of nitrogens with zero attached hydrogens (tertiary/aromatic N) is 3. The highest BCUT2D eigenvalue weighted by molar-refractivity contribution is 5.68. The standard InChI is InChI=1S/C16H28N4O2/c1-16(2,3)22-15(21)20-10-12(9-17)14(11-20)18-13-5-7-19(4)8-6-13/h12-14,18H,5-8,10-11H2,1-4H3/t12-,14+/m0/s1. The van der Waals surface area contributed by atoms with Gasteiger partial charge in [-0.3, -0.25) is 0 Å². The number of piperidine rings is 1. The molecule has 0 radical (unpaired) electrons. The monoisotopic (exact) mass is 308 g/mol. The van der Waals surface area contributed by atoms with Gasteiger partial charge in [0.25, 0.3) is 0 Å². The van der Waals surface area contributed by atoms with Gasteiger partial charge in [0.15, 0.2) is 0 Å². The molecule has 1 amide bonds. The third-order valence-corrected chi connectivity index (χ3v) is 4.31. The van der Waals surface area contributed by atoms with Crippen molar-refractivity contribution in [3.05, 3.63) is 0 Å². The molecule has 0 saturated carbocycles. The lowest BCUT2D eigenvalue weighted by molar-refractivity contribution is 0.0287. The van der Waals surface area contributed by atoms with E-state index in [9.17, 15) is 10.1 Å². The highest BCUT2D eigenvalue weighted by Crippen LogP contribution is 2.21. The van der Waals surface area contributed by atoms with Crippen LogP contribution in [0.3, 0.4) is 0 Å². The highest BCUT2D eigenvalue weighted by atomic mass is 16.6. The first kappa shape index (κ1) is 17.0. The second kappa shape index (κ2) is 6.84. The Morgan fingerprint density at radius 2 is 1.91 bits per heavy atom. The molecule has 0 aromatic rings. The van der Waals surface area contributed by atoms with E-state index in [1.807, 2.05) is 20.8 Å². The molecule has 124 valence electrons. The molecule has 0 aliphatic carbocycles. The van der Waals surface area contributed by atoms with E-state index in [2.05, 4.69) is 23.3 Å². The highest BCUT2D eigenvalue weighted by Gasteiger charge is 2.38. The number of nitrogens with one attached hydrogen (secondary N) is 1. The van der Waals surface area contributed by atoms with Crippen molar-refractivity contribution in [2.24, 2.45) is 5.92 Å². The van der Waals surface area contributed by atoms with Gasteiger partial charge in [-0.05, 0) is 53.8 Å². The van der Waals surface area contributed by atoms with Crippen LogP contribution in [0, 0.1) is 17.2 Å². The average Bonchev–Trinajstić information content (AvgIpc) is 2.83. The number of amides is 1. The molecule has 0 aromatic heterocycles. The van der Waals surface area contributed by atoms with E-state index < -0.39 is 5.60 Å². The van der Waals surface area contributed by atoms with Crippen molar-refractivity contribution in [3.63, 3.8) is 0 Å². The molecule has 0 unspecified atom stereocenters. The number of carbonyl (C=O) groups is 1. The summed E-state index contributed by atoms with van der Waals surface area (Å²) in [7, 11) is 2.13. The van der Waals surface area contributed by atoms with E-state index in [0.29, 0.717) is 19.1 Å². The van der Waals surface area contributed by atoms with Crippen molar-refractivity contribution in [1.82, 2.24) is 15.1 Å². The molecule has 0 spiro atoms. The van der Waals surface area contributed by atoms with Gasteiger partial charge in [-0.2, -0.15) is 5.26 Å². The first-order valence-electron chi connectivity index (χ1n) is 8.10. The van der Waals surface area contributed by atoms with Gasteiger partial charge in [0, 0.05) is 25.2 Å². The number of rotatable bonds is 2. The van der Waals surface area contributed by atoms with Crippen LogP contribution in [0.2, 0.25) is 0 Å². The van der Waals surface area contributed by atoms with Gasteiger partial charge in [-0.1, -0.05) is 0 Å². The molecule has 2 aliphatic rings. The normalized spacial score (nSPS) is 27.7. The molecule has 2 aliphatic heterocycles. The molecule has 22 heavy (non-hydrogen) atoms. The summed E-state index contributed by atoms with van der Waals surface area (Å²) in [4.78, 5) is 16.1. The molecule has 6 nitrogen and oxygen atoms in total. The minimum atomic E-state index is -0.501. The quantitative estimate of drug-likeness (QED) is 0.836. The summed E-state index contributed by atoms with van der Waals surface area (Å²) in [5, 5.41) is 13.0. The summed E-state index contributed by atoms with van der Waals surface area (Å²) in [5.74, 6) is -0.160. The molecule has 0 aromatic carbocycles. The lowest BCUT2D eigenvalue weighted by Crippen LogP contribution is -2.48. The lowest BCUT2D eigenvalue weighted by Gasteiger charge is -2.32. The largest absolute Gasteiger partial charge is 0.444 e. The third-order valence-electron chi connectivity index (χ3n) is 4.31. The van der Waals surface area contributed by atoms with Crippen molar-refractivity contribution >= 4 is 6.09 Å². The summed E-state index contributed by atoms with van der Waals surface area (Å²) in [5.41, 5.74) is -0.501. The van der Waals surface area contributed by atoms with E-state index in [1.54, 1.807) is 4.90 Å². The maximum Gasteiger partial charge on any atom is 0.410 e. The van der Waals surface area contributed by atoms with Crippen LogP contribution in [0.5, 0.6) is 0 Å². The Bertz CT molecular complexity index is 432. The summed E-state index contributed by atoms with van der Waals surface area (Å²) < 4.78 is 5.41. The van der Waals surface area contributed by atoms with Crippen molar-refractivity contribution in [1.29, 1.82) is 5.26 Å². The van der Waals surface area contributed by atoms with Gasteiger partial charge < -0.3 is 19.9 Å². The van der Waals surface area contributed by atoms with Crippen LogP contribution in [0.15, 0.2) is 0 Å². The second-order valence-electron chi connectivity index (χ2n) is 7.47. The number of ether oxygens (including phenoxy) is 1. The minimum Gasteiger partial charge on any atom is -0.444 e. The minimum absolute atomic E-state index is 0.0472. The Morgan fingerprint density at radius 1 is 1.27 bits per heavy atom. The Labute approximate surface area is 133 Å². The van der Waals surface area contributed by atoms with Crippen molar-refractivity contribution in [3.8, 4) is 6.07 Å². The molecule has 6 heteroatoms. The molecule has 2 saturated heterocycles. The van der Waals surface area contributed by atoms with Crippen LogP contribution in [-0.2, 0) is 4.74 Å². The SMILES string of the molecule is CN1CCC(N[C@@H]2CN(C(=O)OC(C)(C)C)C[C@@H]2C#N)CC1. The van der Waals surface area contributed by atoms with Crippen LogP contribution in [0.25, 0.3) is 0 Å². The van der Waals surface area contributed by atoms with Gasteiger partial charge >= 0.3 is 6.09 Å². The first-order chi connectivity index (χ1) is 10.3. The van der Waals surface area contributed by atoms with Gasteiger partial charge in [-0.15, -0.1) is 0 Å². The van der Waals surface area contributed by atoms with Gasteiger partial charge in [0.2, 0.25) is 0 Å². The van der Waals surface area contributed by atoms with Gasteiger partial charge in [-0.25, -0.2) is 4.79 Å². The van der Waals surface area contributed by atoms with E-state index in [0.717, 1.165) is 25.9 Å². The molecule has 0 bridgehead atoms. The topological polar surface area (TPSA) is 68.6 Å². The zero-order valence-electron chi connectivity index (χ0n) is 14.1. The number of likely N-dealkylation sites (tertiary alicyclic amines) is 2. The van der Waals surface area contributed by atoms with Crippen molar-refractivity contribution < 1.29 is 9.53 Å². The zero-order chi connectivity index (χ0) is 16.3. The van der Waals surface area contributed by atoms with E-state index in [4.69, 9.17) is 4.74 Å². The van der Waals surface area contributed by atoms with E-state index in [-0.39, 0.29) is 18.1 Å². The summed E-state index contributed by atoms with van der Waals surface area (Å²) in [6, 6.07) is 2.83. The third kappa shape index (κ3) is 4.59. The Kier molecular flexibility index (Phi) is 5.30. The van der Waals surface area contributed by atoms with E-state index in [1.165, 1.54) is 0 Å². The van der Waals surface area contributed by atoms with Gasteiger partial charge in [0.1, 0.15) is 5.60 Å². The van der Waals surface area contributed by atoms with Crippen LogP contribution in [-0.4, -0.2) is 66.8 Å². The molecular weight excluding hydrogens is 280 g/mol. The zero-order valence-corrected chi connectivity index (χ0v) is 14.1. The number of nitriles is 1. The summed E-state index contributed by atoms with van der Waals surface area (Å²) >= 11 is 0. The van der Waals surface area contributed by atoms with E-state index >= 15 is 0 Å². The van der Waals surface area contributed by atoms with Gasteiger partial charge in [0.05, 0.1) is 12.0 Å². The Morgan fingerprint density at radius 3 is 2.45 bits per heavy atom. The molecular formula is C16H28N4O2. The predicted octanol–water partition coefficient (Wildman–Crippen LogP) is 1.43. The fourth-order valence-corrected chi connectivity index (χ4v) is 3.06. The number of hydrogen-bond acceptors (Lipinski definition) is 5. The fraction of sp³-hybridized carbons (Fsp3) is 0.875. The predicted molar refractivity (Wildman–Crippen MR) is 84.4 cm³/mol. The molecule has 1 N–H and O–H groups in total. The molecule has 2 heterocycles. The van der Waals surface area contributed by atoms with Crippen molar-refractivity contribution in [2.75, 3.05) is 33.2 Å². The smallest absolute Gasteiger partial charge is 0.410 e. The maximum absolute atomic E-state index is 12.2. The lowest BCUT2D eigenvalue weighted by atomic mass is 10.0. The average molecular weight is 308 g/mol. The van der Waals surface area contributed by atoms with Crippen LogP contribution in [0.4, 0.5) is 4.79 Å². The van der Waals surface area contributed by atoms with Crippen molar-refractivity contribution in [2.45, 2.75) is 51.3 Å². The van der Waals surface area contributed by atoms with Crippen LogP contribution in [0.1, 0.15) is 33.6 Å². The number of hydrogen-bond donors (Lipinski definition) is 1. The summed E-state index contributed by atoms with van der Waals surface area (Å²) in [6.07, 6.45) is 1.87. The maximum atomic E-state index is 12.2. The van der Waals surface area contributed by atoms with Crippen LogP contribution >= 0.6 is 0 Å². The molecule has 2 rings (SSSR count). The molecule has 2 fully saturated rings. The first-order valence-corrected chi connectivity index (χ1v) is 8.10. The summed E-state index contributed by atoms with van der Waals surface area (Å²) in [6.45, 7) is 8.75. The Hall–Kier alpha value is -1.32. The molecule has 2 atom stereocenters. The Balaban J connectivity index is 1.89. The number of carbonyl (C=O) groups excluding carboxylic acids is 1. The van der Waals surface area contributed by atoms with Crippen LogP contribution < -0.4 is 5.32 Å². The fourth-order valence-electron chi connectivity index (χ4n) is 3.06.